The van der Waals surface area contributed by atoms with Crippen LogP contribution in [0.2, 0.25) is 0 Å². The van der Waals surface area contributed by atoms with Crippen LogP contribution in [0.15, 0.2) is 59.8 Å². The van der Waals surface area contributed by atoms with E-state index in [9.17, 15) is 4.91 Å². The number of imidazole rings is 1. The Morgan fingerprint density at radius 3 is 2.52 bits per heavy atom. The van der Waals surface area contributed by atoms with E-state index >= 15 is 0 Å². The molecule has 4 rings (SSSR count). The van der Waals surface area contributed by atoms with Crippen LogP contribution in [0.5, 0.6) is 0 Å². The van der Waals surface area contributed by atoms with Crippen molar-refractivity contribution in [1.29, 1.82) is 0 Å². The molecule has 0 fully saturated rings. The molecule has 0 saturated heterocycles. The highest BCUT2D eigenvalue weighted by Gasteiger charge is 2.35. The molecule has 4 nitrogen and oxygen atoms in total. The Balaban J connectivity index is 2.03. The third-order valence-corrected chi connectivity index (χ3v) is 3.96. The van der Waals surface area contributed by atoms with Gasteiger partial charge in [0.1, 0.15) is 5.82 Å². The molecular weight excluding hydrogens is 262 g/mol. The Kier molecular flexibility index (Phi) is 2.51. The van der Waals surface area contributed by atoms with Crippen molar-refractivity contribution in [3.8, 4) is 16.9 Å². The first-order chi connectivity index (χ1) is 10.3. The molecule has 21 heavy (non-hydrogen) atoms. The Hall–Kier alpha value is -2.75. The Morgan fingerprint density at radius 2 is 1.76 bits per heavy atom. The third kappa shape index (κ3) is 1.59. The van der Waals surface area contributed by atoms with E-state index in [1.165, 1.54) is 0 Å². The third-order valence-electron chi connectivity index (χ3n) is 3.96. The van der Waals surface area contributed by atoms with E-state index in [0.717, 1.165) is 34.0 Å². The summed E-state index contributed by atoms with van der Waals surface area (Å²) in [4.78, 5) is 16.1. The number of hydrogen-bond acceptors (Lipinski definition) is 3. The standard InChI is InChI=1S/C17H13N3O/c1-11-18-15(12-7-3-2-4-8-12)17-16(19-21)13-9-5-6-10-14(13)20(11)17/h2-10,16H,1H3. The SMILES string of the molecule is Cc1nc(-c2ccccc2)c2n1-c1ccccc1C2N=O. The topological polar surface area (TPSA) is 47.2 Å². The average molecular weight is 275 g/mol. The van der Waals surface area contributed by atoms with Gasteiger partial charge in [0.25, 0.3) is 0 Å². The lowest BCUT2D eigenvalue weighted by atomic mass is 10.0. The van der Waals surface area contributed by atoms with Gasteiger partial charge in [0.2, 0.25) is 0 Å². The normalized spacial score (nSPS) is 15.6. The van der Waals surface area contributed by atoms with Gasteiger partial charge < -0.3 is 0 Å². The van der Waals surface area contributed by atoms with Crippen LogP contribution >= 0.6 is 0 Å². The minimum Gasteiger partial charge on any atom is -0.297 e. The summed E-state index contributed by atoms with van der Waals surface area (Å²) < 4.78 is 2.05. The van der Waals surface area contributed by atoms with Gasteiger partial charge in [-0.3, -0.25) is 4.57 Å². The highest BCUT2D eigenvalue weighted by atomic mass is 16.3. The van der Waals surface area contributed by atoms with Crippen LogP contribution in [-0.4, -0.2) is 9.55 Å². The molecule has 102 valence electrons. The molecule has 4 heteroatoms. The van der Waals surface area contributed by atoms with E-state index in [2.05, 4.69) is 10.2 Å². The number of aromatic nitrogens is 2. The Bertz CT molecular complexity index is 836. The molecule has 2 aromatic carbocycles. The van der Waals surface area contributed by atoms with Crippen LogP contribution in [0.1, 0.15) is 23.1 Å². The molecular formula is C17H13N3O. The van der Waals surface area contributed by atoms with Gasteiger partial charge in [0.05, 0.1) is 17.1 Å². The highest BCUT2D eigenvalue weighted by molar-refractivity contribution is 5.69. The predicted octanol–water partition coefficient (Wildman–Crippen LogP) is 4.02. The monoisotopic (exact) mass is 275 g/mol. The van der Waals surface area contributed by atoms with E-state index in [1.54, 1.807) is 0 Å². The molecule has 1 aliphatic rings. The second-order valence-electron chi connectivity index (χ2n) is 5.16. The van der Waals surface area contributed by atoms with E-state index < -0.39 is 6.04 Å². The van der Waals surface area contributed by atoms with Crippen LogP contribution in [0, 0.1) is 11.8 Å². The molecule has 1 atom stereocenters. The lowest BCUT2D eigenvalue weighted by molar-refractivity contribution is 0.852. The highest BCUT2D eigenvalue weighted by Crippen LogP contribution is 2.43. The van der Waals surface area contributed by atoms with Crippen molar-refractivity contribution in [3.63, 3.8) is 0 Å². The molecule has 1 unspecified atom stereocenters. The first-order valence-corrected chi connectivity index (χ1v) is 6.87. The van der Waals surface area contributed by atoms with Gasteiger partial charge in [0.15, 0.2) is 6.04 Å². The van der Waals surface area contributed by atoms with Gasteiger partial charge in [-0.15, -0.1) is 4.91 Å². The number of para-hydroxylation sites is 1. The van der Waals surface area contributed by atoms with Crippen molar-refractivity contribution >= 4 is 0 Å². The predicted molar refractivity (Wildman–Crippen MR) is 81.4 cm³/mol. The van der Waals surface area contributed by atoms with Crippen LogP contribution in [-0.2, 0) is 0 Å². The van der Waals surface area contributed by atoms with Gasteiger partial charge in [0, 0.05) is 11.1 Å². The summed E-state index contributed by atoms with van der Waals surface area (Å²) in [6, 6.07) is 17.3. The molecule has 0 bridgehead atoms. The number of rotatable bonds is 2. The van der Waals surface area contributed by atoms with Crippen LogP contribution < -0.4 is 0 Å². The maximum Gasteiger partial charge on any atom is 0.161 e. The first kappa shape index (κ1) is 12.0. The smallest absolute Gasteiger partial charge is 0.161 e. The largest absolute Gasteiger partial charge is 0.297 e. The molecule has 0 aliphatic carbocycles. The lowest BCUT2D eigenvalue weighted by Crippen LogP contribution is -1.96. The maximum absolute atomic E-state index is 11.4. The van der Waals surface area contributed by atoms with E-state index in [-0.39, 0.29) is 0 Å². The summed E-state index contributed by atoms with van der Waals surface area (Å²) in [6.45, 7) is 1.96. The molecule has 0 saturated carbocycles. The fourth-order valence-electron chi connectivity index (χ4n) is 3.09. The molecule has 0 spiro atoms. The van der Waals surface area contributed by atoms with Gasteiger partial charge in [-0.1, -0.05) is 53.7 Å². The lowest BCUT2D eigenvalue weighted by Gasteiger charge is -2.04. The Labute approximate surface area is 122 Å². The molecule has 3 aromatic rings. The van der Waals surface area contributed by atoms with Crippen LogP contribution in [0.25, 0.3) is 16.9 Å². The zero-order valence-corrected chi connectivity index (χ0v) is 11.5. The van der Waals surface area contributed by atoms with Gasteiger partial charge in [-0.25, -0.2) is 4.98 Å². The zero-order chi connectivity index (χ0) is 14.4. The zero-order valence-electron chi connectivity index (χ0n) is 11.5. The van der Waals surface area contributed by atoms with Crippen molar-refractivity contribution in [2.75, 3.05) is 0 Å². The van der Waals surface area contributed by atoms with Gasteiger partial charge in [-0.2, -0.15) is 0 Å². The van der Waals surface area contributed by atoms with Crippen molar-refractivity contribution in [2.45, 2.75) is 13.0 Å². The van der Waals surface area contributed by atoms with Crippen LogP contribution in [0.3, 0.4) is 0 Å². The van der Waals surface area contributed by atoms with Crippen molar-refractivity contribution in [3.05, 3.63) is 76.6 Å². The first-order valence-electron chi connectivity index (χ1n) is 6.87. The summed E-state index contributed by atoms with van der Waals surface area (Å²) in [5, 5.41) is 3.36. The van der Waals surface area contributed by atoms with E-state index in [0.29, 0.717) is 0 Å². The minimum atomic E-state index is -0.488. The minimum absolute atomic E-state index is 0.488. The number of nitroso groups, excluding NO2 is 1. The molecule has 0 amide bonds. The number of aryl methyl sites for hydroxylation is 1. The van der Waals surface area contributed by atoms with E-state index in [1.807, 2.05) is 66.1 Å². The van der Waals surface area contributed by atoms with Gasteiger partial charge >= 0.3 is 0 Å². The molecule has 2 heterocycles. The number of hydrogen-bond donors (Lipinski definition) is 0. The van der Waals surface area contributed by atoms with Crippen molar-refractivity contribution in [1.82, 2.24) is 9.55 Å². The average Bonchev–Trinajstić information content (AvgIpc) is 3.04. The van der Waals surface area contributed by atoms with Crippen molar-refractivity contribution < 1.29 is 0 Å². The fourth-order valence-corrected chi connectivity index (χ4v) is 3.09. The summed E-state index contributed by atoms with van der Waals surface area (Å²) in [6.07, 6.45) is 0. The molecule has 1 aromatic heterocycles. The summed E-state index contributed by atoms with van der Waals surface area (Å²) >= 11 is 0. The maximum atomic E-state index is 11.4. The number of fused-ring (bicyclic) bond motifs is 3. The Morgan fingerprint density at radius 1 is 1.05 bits per heavy atom. The summed E-state index contributed by atoms with van der Waals surface area (Å²) in [5.74, 6) is 0.877. The quantitative estimate of drug-likeness (QED) is 0.663. The summed E-state index contributed by atoms with van der Waals surface area (Å²) in [5.41, 5.74) is 4.68. The second-order valence-corrected chi connectivity index (χ2v) is 5.16. The molecule has 0 radical (unpaired) electrons. The number of nitrogens with zero attached hydrogens (tertiary/aromatic N) is 3. The fraction of sp³-hybridized carbons (Fsp3) is 0.118. The second kappa shape index (κ2) is 4.38. The number of benzene rings is 2. The summed E-state index contributed by atoms with van der Waals surface area (Å²) in [7, 11) is 0. The van der Waals surface area contributed by atoms with Gasteiger partial charge in [-0.05, 0) is 13.0 Å². The van der Waals surface area contributed by atoms with Crippen LogP contribution in [0.4, 0.5) is 0 Å². The molecule has 0 N–H and O–H groups in total. The molecule has 1 aliphatic heterocycles. The van der Waals surface area contributed by atoms with E-state index in [4.69, 9.17) is 0 Å². The van der Waals surface area contributed by atoms with Crippen molar-refractivity contribution in [2.24, 2.45) is 5.18 Å².